The molecule has 0 aromatic heterocycles. The van der Waals surface area contributed by atoms with Crippen LogP contribution in [0.15, 0.2) is 18.2 Å². The largest absolute Gasteiger partial charge is 0.495 e. The van der Waals surface area contributed by atoms with E-state index in [1.807, 2.05) is 25.1 Å². The molecule has 0 radical (unpaired) electrons. The number of hydrogen-bond donors (Lipinski definition) is 0. The summed E-state index contributed by atoms with van der Waals surface area (Å²) in [6.45, 7) is 7.68. The molecule has 1 aliphatic heterocycles. The molecule has 0 aliphatic carbocycles. The fraction of sp³-hybridized carbons (Fsp3) is 0.500. The minimum absolute atomic E-state index is 0.0901. The Labute approximate surface area is 102 Å². The van der Waals surface area contributed by atoms with Gasteiger partial charge in [0.25, 0.3) is 0 Å². The molecule has 0 saturated carbocycles. The van der Waals surface area contributed by atoms with Gasteiger partial charge in [0.15, 0.2) is 0 Å². The van der Waals surface area contributed by atoms with Gasteiger partial charge in [-0.3, -0.25) is 0 Å². The third-order valence-corrected chi connectivity index (χ3v) is 3.00. The van der Waals surface area contributed by atoms with Gasteiger partial charge in [0, 0.05) is 29.1 Å². The first-order chi connectivity index (χ1) is 7.48. The molecule has 4 heteroatoms. The Morgan fingerprint density at radius 2 is 1.88 bits per heavy atom. The van der Waals surface area contributed by atoms with E-state index < -0.39 is 0 Å². The van der Waals surface area contributed by atoms with Crippen LogP contribution in [0.4, 0.5) is 0 Å². The van der Waals surface area contributed by atoms with Crippen LogP contribution in [0, 0.1) is 12.3 Å². The average Bonchev–Trinajstić information content (AvgIpc) is 2.22. The Hall–Kier alpha value is -0.505. The summed E-state index contributed by atoms with van der Waals surface area (Å²) in [5.41, 5.74) is 2.18. The average molecular weight is 239 g/mol. The second-order valence-electron chi connectivity index (χ2n) is 5.14. The zero-order valence-corrected chi connectivity index (χ0v) is 10.7. The fourth-order valence-electron chi connectivity index (χ4n) is 1.72. The highest BCUT2D eigenvalue weighted by Gasteiger charge is 2.34. The minimum atomic E-state index is -0.319. The van der Waals surface area contributed by atoms with E-state index in [1.165, 1.54) is 0 Å². The second-order valence-corrected chi connectivity index (χ2v) is 5.55. The molecule has 1 saturated heterocycles. The van der Waals surface area contributed by atoms with Crippen LogP contribution in [0.5, 0.6) is 0 Å². The smallest absolute Gasteiger partial charge is 0.407 e. The standard InChI is InChI=1S/C12H16BClO2/c1-9-4-5-11(14)10(6-9)13-15-7-12(2,3)8-16-13/h4-6H,7-8H2,1-3H3. The topological polar surface area (TPSA) is 18.5 Å². The summed E-state index contributed by atoms with van der Waals surface area (Å²) in [7, 11) is -0.319. The summed E-state index contributed by atoms with van der Waals surface area (Å²) >= 11 is 6.14. The van der Waals surface area contributed by atoms with E-state index in [0.717, 1.165) is 11.0 Å². The molecule has 1 heterocycles. The molecule has 0 amide bonds. The van der Waals surface area contributed by atoms with E-state index in [2.05, 4.69) is 13.8 Å². The lowest BCUT2D eigenvalue weighted by molar-refractivity contribution is 0.0343. The van der Waals surface area contributed by atoms with Gasteiger partial charge < -0.3 is 9.31 Å². The Bertz CT molecular complexity index is 383. The minimum Gasteiger partial charge on any atom is -0.407 e. The van der Waals surface area contributed by atoms with Crippen molar-refractivity contribution in [2.75, 3.05) is 13.2 Å². The van der Waals surface area contributed by atoms with E-state index in [1.54, 1.807) is 0 Å². The number of benzene rings is 1. The third-order valence-electron chi connectivity index (χ3n) is 2.66. The van der Waals surface area contributed by atoms with Gasteiger partial charge in [0.2, 0.25) is 0 Å². The first kappa shape index (κ1) is 12.0. The van der Waals surface area contributed by atoms with Gasteiger partial charge in [-0.25, -0.2) is 0 Å². The van der Waals surface area contributed by atoms with Gasteiger partial charge >= 0.3 is 7.12 Å². The normalized spacial score (nSPS) is 19.9. The van der Waals surface area contributed by atoms with Crippen molar-refractivity contribution in [1.29, 1.82) is 0 Å². The summed E-state index contributed by atoms with van der Waals surface area (Å²) in [5.74, 6) is 0. The summed E-state index contributed by atoms with van der Waals surface area (Å²) in [4.78, 5) is 0. The fourth-order valence-corrected chi connectivity index (χ4v) is 1.92. The number of halogens is 1. The molecule has 1 aromatic carbocycles. The van der Waals surface area contributed by atoms with Crippen LogP contribution >= 0.6 is 11.6 Å². The molecule has 0 N–H and O–H groups in total. The SMILES string of the molecule is Cc1ccc(Cl)c(B2OCC(C)(C)CO2)c1. The molecule has 2 rings (SSSR count). The Kier molecular flexibility index (Phi) is 3.29. The van der Waals surface area contributed by atoms with Crippen molar-refractivity contribution in [2.45, 2.75) is 20.8 Å². The first-order valence-electron chi connectivity index (χ1n) is 5.47. The predicted octanol–water partition coefficient (Wildman–Crippen LogP) is 2.42. The number of aryl methyl sites for hydroxylation is 1. The molecule has 0 unspecified atom stereocenters. The molecule has 1 fully saturated rings. The highest BCUT2D eigenvalue weighted by atomic mass is 35.5. The maximum absolute atomic E-state index is 6.14. The summed E-state index contributed by atoms with van der Waals surface area (Å²) < 4.78 is 11.4. The van der Waals surface area contributed by atoms with Crippen LogP contribution in [0.2, 0.25) is 5.02 Å². The van der Waals surface area contributed by atoms with E-state index in [4.69, 9.17) is 20.9 Å². The molecule has 2 nitrogen and oxygen atoms in total. The van der Waals surface area contributed by atoms with E-state index in [0.29, 0.717) is 18.2 Å². The molecular weight excluding hydrogens is 222 g/mol. The van der Waals surface area contributed by atoms with Crippen LogP contribution in [0.3, 0.4) is 0 Å². The molecule has 1 aliphatic rings. The van der Waals surface area contributed by atoms with E-state index >= 15 is 0 Å². The maximum atomic E-state index is 6.14. The molecule has 1 aromatic rings. The van der Waals surface area contributed by atoms with Crippen LogP contribution in [0.25, 0.3) is 0 Å². The highest BCUT2D eigenvalue weighted by molar-refractivity contribution is 6.65. The van der Waals surface area contributed by atoms with Crippen LogP contribution < -0.4 is 5.46 Å². The molecule has 0 spiro atoms. The van der Waals surface area contributed by atoms with Crippen molar-refractivity contribution >= 4 is 24.2 Å². The summed E-state index contributed by atoms with van der Waals surface area (Å²) in [6.07, 6.45) is 0. The van der Waals surface area contributed by atoms with Gasteiger partial charge in [-0.15, -0.1) is 0 Å². The third kappa shape index (κ3) is 2.59. The molecular formula is C12H16BClO2. The zero-order valence-electron chi connectivity index (χ0n) is 9.92. The lowest BCUT2D eigenvalue weighted by atomic mass is 9.75. The second kappa shape index (κ2) is 4.40. The van der Waals surface area contributed by atoms with Crippen molar-refractivity contribution in [2.24, 2.45) is 5.41 Å². The Morgan fingerprint density at radius 3 is 2.50 bits per heavy atom. The van der Waals surface area contributed by atoms with Gasteiger partial charge in [0.05, 0.1) is 0 Å². The van der Waals surface area contributed by atoms with Gasteiger partial charge in [0.1, 0.15) is 0 Å². The Morgan fingerprint density at radius 1 is 1.25 bits per heavy atom. The number of rotatable bonds is 1. The number of hydrogen-bond acceptors (Lipinski definition) is 2. The van der Waals surface area contributed by atoms with Crippen molar-refractivity contribution in [1.82, 2.24) is 0 Å². The van der Waals surface area contributed by atoms with Crippen LogP contribution in [-0.4, -0.2) is 20.3 Å². The summed E-state index contributed by atoms with van der Waals surface area (Å²) in [5, 5.41) is 0.704. The van der Waals surface area contributed by atoms with Gasteiger partial charge in [-0.05, 0) is 13.0 Å². The van der Waals surface area contributed by atoms with Crippen molar-refractivity contribution in [3.63, 3.8) is 0 Å². The summed E-state index contributed by atoms with van der Waals surface area (Å²) in [6, 6.07) is 5.89. The first-order valence-corrected chi connectivity index (χ1v) is 5.85. The highest BCUT2D eigenvalue weighted by Crippen LogP contribution is 2.22. The van der Waals surface area contributed by atoms with E-state index in [9.17, 15) is 0 Å². The lowest BCUT2D eigenvalue weighted by Gasteiger charge is -2.33. The maximum Gasteiger partial charge on any atom is 0.495 e. The van der Waals surface area contributed by atoms with Gasteiger partial charge in [-0.1, -0.05) is 43.1 Å². The quantitative estimate of drug-likeness (QED) is 0.700. The zero-order chi connectivity index (χ0) is 11.8. The van der Waals surface area contributed by atoms with Gasteiger partial charge in [-0.2, -0.15) is 0 Å². The molecule has 16 heavy (non-hydrogen) atoms. The molecule has 86 valence electrons. The molecule has 0 atom stereocenters. The molecule has 0 bridgehead atoms. The predicted molar refractivity (Wildman–Crippen MR) is 67.3 cm³/mol. The van der Waals surface area contributed by atoms with E-state index in [-0.39, 0.29) is 12.5 Å². The lowest BCUT2D eigenvalue weighted by Crippen LogP contribution is -2.47. The van der Waals surface area contributed by atoms with Crippen molar-refractivity contribution in [3.8, 4) is 0 Å². The monoisotopic (exact) mass is 238 g/mol. The Balaban J connectivity index is 2.17. The van der Waals surface area contributed by atoms with Crippen molar-refractivity contribution < 1.29 is 9.31 Å². The van der Waals surface area contributed by atoms with Crippen LogP contribution in [-0.2, 0) is 9.31 Å². The van der Waals surface area contributed by atoms with Crippen molar-refractivity contribution in [3.05, 3.63) is 28.8 Å². The van der Waals surface area contributed by atoms with Crippen LogP contribution in [0.1, 0.15) is 19.4 Å².